The Morgan fingerprint density at radius 1 is 0.962 bits per heavy atom. The molecule has 2 aromatic rings. The van der Waals surface area contributed by atoms with E-state index in [1.807, 2.05) is 62.6 Å². The van der Waals surface area contributed by atoms with E-state index in [1.165, 1.54) is 11.8 Å². The van der Waals surface area contributed by atoms with Crippen LogP contribution in [-0.2, 0) is 4.79 Å². The predicted octanol–water partition coefficient (Wildman–Crippen LogP) is 5.65. The van der Waals surface area contributed by atoms with E-state index in [1.54, 1.807) is 26.0 Å². The Morgan fingerprint density at radius 2 is 1.46 bits per heavy atom. The standard InChI is InChI=1S/C20H22O3S.C2H6/c1-20(2,19(22)23)17(13-24-3)18(21)16-11-9-15(10-12-16)14-7-5-4-6-8-14;1-2/h4-12,17H,13H2,1-3H3,(H,22,23);1-2H3. The monoisotopic (exact) mass is 372 g/mol. The fourth-order valence-electron chi connectivity index (χ4n) is 2.59. The normalized spacial score (nSPS) is 11.9. The zero-order valence-corrected chi connectivity index (χ0v) is 17.0. The van der Waals surface area contributed by atoms with E-state index in [-0.39, 0.29) is 5.78 Å². The van der Waals surface area contributed by atoms with Crippen molar-refractivity contribution in [2.45, 2.75) is 27.7 Å². The van der Waals surface area contributed by atoms with E-state index < -0.39 is 17.3 Å². The zero-order chi connectivity index (χ0) is 19.7. The maximum absolute atomic E-state index is 12.9. The molecule has 140 valence electrons. The smallest absolute Gasteiger partial charge is 0.309 e. The quantitative estimate of drug-likeness (QED) is 0.638. The van der Waals surface area contributed by atoms with Crippen LogP contribution in [0.5, 0.6) is 0 Å². The first-order chi connectivity index (χ1) is 12.4. The van der Waals surface area contributed by atoms with Crippen molar-refractivity contribution in [1.29, 1.82) is 0 Å². The van der Waals surface area contributed by atoms with Gasteiger partial charge in [0.2, 0.25) is 0 Å². The first kappa shape index (κ1) is 22.0. The second-order valence-corrected chi connectivity index (χ2v) is 7.25. The highest BCUT2D eigenvalue weighted by molar-refractivity contribution is 7.98. The highest BCUT2D eigenvalue weighted by Gasteiger charge is 2.41. The fourth-order valence-corrected chi connectivity index (χ4v) is 3.49. The number of carbonyl (C=O) groups is 2. The number of carboxylic acid groups (broad SMARTS) is 1. The molecule has 3 nitrogen and oxygen atoms in total. The molecule has 1 N–H and O–H groups in total. The number of rotatable bonds is 7. The van der Waals surface area contributed by atoms with Crippen molar-refractivity contribution in [3.05, 3.63) is 60.2 Å². The van der Waals surface area contributed by atoms with Gasteiger partial charge in [-0.1, -0.05) is 68.4 Å². The maximum atomic E-state index is 12.9. The second kappa shape index (κ2) is 10.2. The van der Waals surface area contributed by atoms with Gasteiger partial charge in [0.05, 0.1) is 5.41 Å². The Hall–Kier alpha value is -2.07. The molecule has 1 atom stereocenters. The van der Waals surface area contributed by atoms with Gasteiger partial charge < -0.3 is 5.11 Å². The zero-order valence-electron chi connectivity index (χ0n) is 16.2. The lowest BCUT2D eigenvalue weighted by atomic mass is 9.76. The Bertz CT molecular complexity index is 706. The molecule has 0 saturated carbocycles. The summed E-state index contributed by atoms with van der Waals surface area (Å²) in [4.78, 5) is 24.4. The van der Waals surface area contributed by atoms with Crippen LogP contribution in [0.4, 0.5) is 0 Å². The number of thioether (sulfide) groups is 1. The van der Waals surface area contributed by atoms with E-state index in [4.69, 9.17) is 0 Å². The van der Waals surface area contributed by atoms with Gasteiger partial charge in [-0.2, -0.15) is 11.8 Å². The average molecular weight is 373 g/mol. The van der Waals surface area contributed by atoms with Gasteiger partial charge in [-0.3, -0.25) is 9.59 Å². The average Bonchev–Trinajstić information content (AvgIpc) is 2.67. The maximum Gasteiger partial charge on any atom is 0.309 e. The molecule has 0 aliphatic heterocycles. The van der Waals surface area contributed by atoms with Gasteiger partial charge in [-0.15, -0.1) is 0 Å². The fraction of sp³-hybridized carbons (Fsp3) is 0.364. The minimum Gasteiger partial charge on any atom is -0.481 e. The molecule has 0 amide bonds. The van der Waals surface area contributed by atoms with E-state index in [0.29, 0.717) is 11.3 Å². The minimum atomic E-state index is -1.10. The number of hydrogen-bond acceptors (Lipinski definition) is 3. The first-order valence-corrected chi connectivity index (χ1v) is 10.2. The van der Waals surface area contributed by atoms with Gasteiger partial charge in [0.25, 0.3) is 0 Å². The number of Topliss-reactive ketones (excluding diaryl/α,β-unsaturated/α-hetero) is 1. The Kier molecular flexibility index (Phi) is 8.59. The van der Waals surface area contributed by atoms with Crippen LogP contribution in [-0.4, -0.2) is 28.9 Å². The molecule has 0 spiro atoms. The molecule has 4 heteroatoms. The Morgan fingerprint density at radius 3 is 1.92 bits per heavy atom. The molecule has 0 aromatic heterocycles. The molecule has 2 rings (SSSR count). The highest BCUT2D eigenvalue weighted by atomic mass is 32.2. The van der Waals surface area contributed by atoms with E-state index in [2.05, 4.69) is 0 Å². The van der Waals surface area contributed by atoms with E-state index in [0.717, 1.165) is 11.1 Å². The summed E-state index contributed by atoms with van der Waals surface area (Å²) in [5.74, 6) is -1.14. The van der Waals surface area contributed by atoms with Crippen molar-refractivity contribution < 1.29 is 14.7 Å². The van der Waals surface area contributed by atoms with Crippen molar-refractivity contribution >= 4 is 23.5 Å². The van der Waals surface area contributed by atoms with Gasteiger partial charge in [-0.25, -0.2) is 0 Å². The van der Waals surface area contributed by atoms with Gasteiger partial charge in [0.15, 0.2) is 5.78 Å². The van der Waals surface area contributed by atoms with Crippen molar-refractivity contribution in [1.82, 2.24) is 0 Å². The van der Waals surface area contributed by atoms with Crippen molar-refractivity contribution in [3.63, 3.8) is 0 Å². The summed E-state index contributed by atoms with van der Waals surface area (Å²) >= 11 is 1.49. The molecule has 1 unspecified atom stereocenters. The molecule has 0 saturated heterocycles. The van der Waals surface area contributed by atoms with Crippen LogP contribution >= 0.6 is 11.8 Å². The number of aliphatic carboxylic acids is 1. The molecule has 0 bridgehead atoms. The van der Waals surface area contributed by atoms with Crippen LogP contribution < -0.4 is 0 Å². The number of carbonyl (C=O) groups excluding carboxylic acids is 1. The Balaban J connectivity index is 0.00000163. The van der Waals surface area contributed by atoms with Gasteiger partial charge in [0, 0.05) is 17.2 Å². The van der Waals surface area contributed by atoms with Crippen molar-refractivity contribution in [2.24, 2.45) is 11.3 Å². The summed E-state index contributed by atoms with van der Waals surface area (Å²) in [6.45, 7) is 7.24. The Labute approximate surface area is 160 Å². The molecule has 2 aromatic carbocycles. The summed E-state index contributed by atoms with van der Waals surface area (Å²) in [5.41, 5.74) is 1.58. The van der Waals surface area contributed by atoms with E-state index in [9.17, 15) is 14.7 Å². The number of carboxylic acids is 1. The highest BCUT2D eigenvalue weighted by Crippen LogP contribution is 2.33. The first-order valence-electron chi connectivity index (χ1n) is 8.80. The molecular formula is C22H28O3S. The summed E-state index contributed by atoms with van der Waals surface area (Å²) in [7, 11) is 0. The molecule has 0 radical (unpaired) electrons. The van der Waals surface area contributed by atoms with Crippen LogP contribution in [0.1, 0.15) is 38.1 Å². The topological polar surface area (TPSA) is 54.4 Å². The number of benzene rings is 2. The summed E-state index contributed by atoms with van der Waals surface area (Å²) in [6, 6.07) is 17.3. The van der Waals surface area contributed by atoms with Crippen molar-refractivity contribution in [2.75, 3.05) is 12.0 Å². The molecular weight excluding hydrogens is 344 g/mol. The van der Waals surface area contributed by atoms with E-state index >= 15 is 0 Å². The second-order valence-electron chi connectivity index (χ2n) is 6.34. The number of ketones is 1. The largest absolute Gasteiger partial charge is 0.481 e. The summed E-state index contributed by atoms with van der Waals surface area (Å²) < 4.78 is 0. The SMILES string of the molecule is CC.CSCC(C(=O)c1ccc(-c2ccccc2)cc1)C(C)(C)C(=O)O. The lowest BCUT2D eigenvalue weighted by Crippen LogP contribution is -2.39. The van der Waals surface area contributed by atoms with Crippen molar-refractivity contribution in [3.8, 4) is 11.1 Å². The predicted molar refractivity (Wildman–Crippen MR) is 111 cm³/mol. The molecule has 0 aliphatic carbocycles. The van der Waals surface area contributed by atoms with Crippen LogP contribution in [0.15, 0.2) is 54.6 Å². The third-order valence-corrected chi connectivity index (χ3v) is 5.02. The molecule has 0 fully saturated rings. The van der Waals surface area contributed by atoms with Crippen LogP contribution in [0.2, 0.25) is 0 Å². The van der Waals surface area contributed by atoms with Gasteiger partial charge in [-0.05, 0) is 31.2 Å². The third kappa shape index (κ3) is 5.21. The van der Waals surface area contributed by atoms with Crippen LogP contribution in [0, 0.1) is 11.3 Å². The minimum absolute atomic E-state index is 0.114. The van der Waals surface area contributed by atoms with Gasteiger partial charge >= 0.3 is 5.97 Å². The van der Waals surface area contributed by atoms with Crippen LogP contribution in [0.25, 0.3) is 11.1 Å². The summed E-state index contributed by atoms with van der Waals surface area (Å²) in [6.07, 6.45) is 1.89. The summed E-state index contributed by atoms with van der Waals surface area (Å²) in [5, 5.41) is 9.47. The lowest BCUT2D eigenvalue weighted by Gasteiger charge is -2.28. The number of hydrogen-bond donors (Lipinski definition) is 1. The molecule has 26 heavy (non-hydrogen) atoms. The van der Waals surface area contributed by atoms with Gasteiger partial charge in [0.1, 0.15) is 0 Å². The van der Waals surface area contributed by atoms with Crippen LogP contribution in [0.3, 0.4) is 0 Å². The molecule has 0 aliphatic rings. The third-order valence-electron chi connectivity index (χ3n) is 4.35. The lowest BCUT2D eigenvalue weighted by molar-refractivity contribution is -0.148. The molecule has 0 heterocycles.